The lowest BCUT2D eigenvalue weighted by molar-refractivity contribution is -0.115. The van der Waals surface area contributed by atoms with Crippen LogP contribution in [-0.2, 0) is 11.2 Å². The number of carbonyl (C=O) groups excluding carboxylic acids is 1. The molecule has 1 aromatic heterocycles. The SMILES string of the molecule is Cc1[nH]c(S[C@@H](C)C(=O)Nc2ccccc2)nc1Cc1ccccc1. The van der Waals surface area contributed by atoms with E-state index in [2.05, 4.69) is 27.4 Å². The molecule has 3 aromatic rings. The molecule has 2 aromatic carbocycles. The molecule has 1 amide bonds. The number of nitrogens with one attached hydrogen (secondary N) is 2. The Bertz CT molecular complexity index is 831. The number of nitrogens with zero attached hydrogens (tertiary/aromatic N) is 1. The van der Waals surface area contributed by atoms with E-state index in [-0.39, 0.29) is 11.2 Å². The number of aromatic amines is 1. The van der Waals surface area contributed by atoms with Gasteiger partial charge in [-0.3, -0.25) is 4.79 Å². The summed E-state index contributed by atoms with van der Waals surface area (Å²) in [6.07, 6.45) is 0.786. The Morgan fingerprint density at radius 3 is 2.44 bits per heavy atom. The third-order valence-electron chi connectivity index (χ3n) is 3.88. The molecule has 0 unspecified atom stereocenters. The predicted molar refractivity (Wildman–Crippen MR) is 103 cm³/mol. The first-order chi connectivity index (χ1) is 12.1. The maximum absolute atomic E-state index is 12.3. The monoisotopic (exact) mass is 351 g/mol. The highest BCUT2D eigenvalue weighted by Crippen LogP contribution is 2.24. The fourth-order valence-electron chi connectivity index (χ4n) is 2.47. The molecule has 2 N–H and O–H groups in total. The summed E-state index contributed by atoms with van der Waals surface area (Å²) < 4.78 is 0. The first-order valence-corrected chi connectivity index (χ1v) is 9.12. The van der Waals surface area contributed by atoms with E-state index in [1.54, 1.807) is 0 Å². The highest BCUT2D eigenvalue weighted by molar-refractivity contribution is 8.00. The molecule has 4 nitrogen and oxygen atoms in total. The Balaban J connectivity index is 1.62. The second kappa shape index (κ2) is 8.03. The van der Waals surface area contributed by atoms with Gasteiger partial charge in [-0.15, -0.1) is 0 Å². The van der Waals surface area contributed by atoms with Crippen molar-refractivity contribution >= 4 is 23.4 Å². The molecule has 0 radical (unpaired) electrons. The van der Waals surface area contributed by atoms with E-state index in [0.717, 1.165) is 28.7 Å². The fourth-order valence-corrected chi connectivity index (χ4v) is 3.35. The molecule has 0 aliphatic rings. The van der Waals surface area contributed by atoms with Crippen LogP contribution in [0.15, 0.2) is 65.8 Å². The number of thioether (sulfide) groups is 1. The van der Waals surface area contributed by atoms with Crippen LogP contribution in [0.4, 0.5) is 5.69 Å². The third-order valence-corrected chi connectivity index (χ3v) is 4.86. The summed E-state index contributed by atoms with van der Waals surface area (Å²) in [6, 6.07) is 19.7. The number of carbonyl (C=O) groups is 1. The summed E-state index contributed by atoms with van der Waals surface area (Å²) in [5.74, 6) is -0.0325. The normalized spacial score (nSPS) is 11.9. The maximum atomic E-state index is 12.3. The van der Waals surface area contributed by atoms with Crippen LogP contribution in [0.5, 0.6) is 0 Å². The number of H-pyrrole nitrogens is 1. The molecule has 1 atom stereocenters. The van der Waals surface area contributed by atoms with Crippen LogP contribution in [-0.4, -0.2) is 21.1 Å². The second-order valence-electron chi connectivity index (χ2n) is 5.89. The first kappa shape index (κ1) is 17.3. The van der Waals surface area contributed by atoms with Crippen molar-refractivity contribution in [2.75, 3.05) is 5.32 Å². The van der Waals surface area contributed by atoms with Crippen LogP contribution in [0.25, 0.3) is 0 Å². The lowest BCUT2D eigenvalue weighted by atomic mass is 10.1. The van der Waals surface area contributed by atoms with Crippen LogP contribution in [0.2, 0.25) is 0 Å². The van der Waals surface area contributed by atoms with Gasteiger partial charge in [-0.05, 0) is 31.5 Å². The summed E-state index contributed by atoms with van der Waals surface area (Å²) in [7, 11) is 0. The number of rotatable bonds is 6. The van der Waals surface area contributed by atoms with Gasteiger partial charge in [-0.25, -0.2) is 4.98 Å². The van der Waals surface area contributed by atoms with Gasteiger partial charge in [0.05, 0.1) is 10.9 Å². The van der Waals surface area contributed by atoms with Crippen molar-refractivity contribution in [3.63, 3.8) is 0 Å². The molecule has 0 saturated carbocycles. The number of para-hydroxylation sites is 1. The molecule has 5 heteroatoms. The van der Waals surface area contributed by atoms with Crippen molar-refractivity contribution in [1.29, 1.82) is 0 Å². The molecule has 0 bridgehead atoms. The van der Waals surface area contributed by atoms with Crippen LogP contribution < -0.4 is 5.32 Å². The van der Waals surface area contributed by atoms with Crippen molar-refractivity contribution < 1.29 is 4.79 Å². The summed E-state index contributed by atoms with van der Waals surface area (Å²) in [5, 5.41) is 3.46. The van der Waals surface area contributed by atoms with Gasteiger partial charge < -0.3 is 10.3 Å². The lowest BCUT2D eigenvalue weighted by Crippen LogP contribution is -2.22. The average molecular weight is 351 g/mol. The Hall–Kier alpha value is -2.53. The first-order valence-electron chi connectivity index (χ1n) is 8.24. The van der Waals surface area contributed by atoms with Crippen LogP contribution in [0, 0.1) is 6.92 Å². The van der Waals surface area contributed by atoms with E-state index < -0.39 is 0 Å². The molecular weight excluding hydrogens is 330 g/mol. The molecule has 0 aliphatic carbocycles. The molecule has 1 heterocycles. The largest absolute Gasteiger partial charge is 0.337 e. The zero-order valence-corrected chi connectivity index (χ0v) is 15.1. The molecule has 25 heavy (non-hydrogen) atoms. The molecule has 3 rings (SSSR count). The van der Waals surface area contributed by atoms with Crippen molar-refractivity contribution in [3.8, 4) is 0 Å². The van der Waals surface area contributed by atoms with Gasteiger partial charge in [0.1, 0.15) is 0 Å². The zero-order chi connectivity index (χ0) is 17.6. The van der Waals surface area contributed by atoms with Crippen LogP contribution in [0.3, 0.4) is 0 Å². The number of hydrogen-bond acceptors (Lipinski definition) is 3. The molecule has 0 aliphatic heterocycles. The highest BCUT2D eigenvalue weighted by Gasteiger charge is 2.17. The number of aromatic nitrogens is 2. The minimum atomic E-state index is -0.240. The van der Waals surface area contributed by atoms with E-state index in [0.29, 0.717) is 0 Å². The van der Waals surface area contributed by atoms with Gasteiger partial charge in [-0.2, -0.15) is 0 Å². The third kappa shape index (κ3) is 4.73. The van der Waals surface area contributed by atoms with Crippen LogP contribution in [0.1, 0.15) is 23.9 Å². The van der Waals surface area contributed by atoms with E-state index in [1.807, 2.05) is 62.4 Å². The summed E-state index contributed by atoms with van der Waals surface area (Å²) in [6.45, 7) is 3.90. The van der Waals surface area contributed by atoms with E-state index in [9.17, 15) is 4.79 Å². The number of anilines is 1. The summed E-state index contributed by atoms with van der Waals surface area (Å²) >= 11 is 1.44. The standard InChI is InChI=1S/C20H21N3OS/c1-14-18(13-16-9-5-3-6-10-16)23-20(21-14)25-15(2)19(24)22-17-11-7-4-8-12-17/h3-12,15H,13H2,1-2H3,(H,21,23)(H,22,24)/t15-/m0/s1. The lowest BCUT2D eigenvalue weighted by Gasteiger charge is -2.10. The number of aryl methyl sites for hydroxylation is 1. The number of amides is 1. The Morgan fingerprint density at radius 1 is 1.12 bits per heavy atom. The van der Waals surface area contributed by atoms with Crippen molar-refractivity contribution in [1.82, 2.24) is 9.97 Å². The smallest absolute Gasteiger partial charge is 0.237 e. The van der Waals surface area contributed by atoms with Gasteiger partial charge in [0.15, 0.2) is 5.16 Å². The van der Waals surface area contributed by atoms with Gasteiger partial charge >= 0.3 is 0 Å². The topological polar surface area (TPSA) is 57.8 Å². The van der Waals surface area contributed by atoms with E-state index in [1.165, 1.54) is 17.3 Å². The zero-order valence-electron chi connectivity index (χ0n) is 14.3. The number of benzene rings is 2. The second-order valence-corrected chi connectivity index (χ2v) is 7.22. The fraction of sp³-hybridized carbons (Fsp3) is 0.200. The van der Waals surface area contributed by atoms with Crippen molar-refractivity contribution in [2.45, 2.75) is 30.7 Å². The molecular formula is C20H21N3OS. The van der Waals surface area contributed by atoms with E-state index >= 15 is 0 Å². The maximum Gasteiger partial charge on any atom is 0.237 e. The quantitative estimate of drug-likeness (QED) is 0.646. The average Bonchev–Trinajstić information content (AvgIpc) is 2.95. The highest BCUT2D eigenvalue weighted by atomic mass is 32.2. The minimum Gasteiger partial charge on any atom is -0.337 e. The van der Waals surface area contributed by atoms with Gasteiger partial charge in [-0.1, -0.05) is 60.3 Å². The summed E-state index contributed by atoms with van der Waals surface area (Å²) in [5.41, 5.74) is 4.09. The van der Waals surface area contributed by atoms with Crippen molar-refractivity contribution in [2.24, 2.45) is 0 Å². The Morgan fingerprint density at radius 2 is 1.76 bits per heavy atom. The minimum absolute atomic E-state index is 0.0325. The van der Waals surface area contributed by atoms with E-state index in [4.69, 9.17) is 0 Å². The summed E-state index contributed by atoms with van der Waals surface area (Å²) in [4.78, 5) is 20.3. The molecule has 128 valence electrons. The Kier molecular flexibility index (Phi) is 5.56. The van der Waals surface area contributed by atoms with Gasteiger partial charge in [0.2, 0.25) is 5.91 Å². The molecule has 0 saturated heterocycles. The molecule has 0 fully saturated rings. The Labute approximate surface area is 152 Å². The van der Waals surface area contributed by atoms with Gasteiger partial charge in [0.25, 0.3) is 0 Å². The molecule has 0 spiro atoms. The van der Waals surface area contributed by atoms with Crippen LogP contribution >= 0.6 is 11.8 Å². The van der Waals surface area contributed by atoms with Crippen molar-refractivity contribution in [3.05, 3.63) is 77.6 Å². The number of imidazole rings is 1. The number of hydrogen-bond donors (Lipinski definition) is 2. The predicted octanol–water partition coefficient (Wildman–Crippen LogP) is 4.43. The van der Waals surface area contributed by atoms with Gasteiger partial charge in [0, 0.05) is 17.8 Å².